The van der Waals surface area contributed by atoms with Crippen molar-refractivity contribution >= 4 is 5.97 Å². The Balaban J connectivity index is 1.91. The summed E-state index contributed by atoms with van der Waals surface area (Å²) < 4.78 is 3.35. The van der Waals surface area contributed by atoms with Crippen molar-refractivity contribution in [2.75, 3.05) is 0 Å². The molecule has 3 rings (SSSR count). The highest BCUT2D eigenvalue weighted by atomic mass is 16.4. The van der Waals surface area contributed by atoms with Crippen molar-refractivity contribution in [2.24, 2.45) is 0 Å². The lowest BCUT2D eigenvalue weighted by Crippen LogP contribution is -2.26. The number of aromatic nitrogens is 3. The van der Waals surface area contributed by atoms with Gasteiger partial charge in [0.2, 0.25) is 0 Å². The van der Waals surface area contributed by atoms with Crippen LogP contribution in [0.15, 0.2) is 53.3 Å². The fourth-order valence-corrected chi connectivity index (χ4v) is 3.50. The number of carboxylic acids is 1. The van der Waals surface area contributed by atoms with Crippen LogP contribution in [0.1, 0.15) is 67.7 Å². The lowest BCUT2D eigenvalue weighted by atomic mass is 9.98. The van der Waals surface area contributed by atoms with Crippen LogP contribution in [0.5, 0.6) is 0 Å². The Hall–Kier alpha value is -3.15. The quantitative estimate of drug-likeness (QED) is 0.554. The Bertz CT molecular complexity index is 1060. The topological polar surface area (TPSA) is 77.1 Å². The second-order valence-electron chi connectivity index (χ2n) is 7.66. The van der Waals surface area contributed by atoms with Crippen LogP contribution in [0, 0.1) is 0 Å². The third-order valence-corrected chi connectivity index (χ3v) is 5.49. The molecule has 0 amide bonds. The van der Waals surface area contributed by atoms with E-state index in [1.807, 2.05) is 36.4 Å². The van der Waals surface area contributed by atoms with E-state index in [1.165, 1.54) is 0 Å². The van der Waals surface area contributed by atoms with Gasteiger partial charge in [-0.05, 0) is 35.6 Å². The van der Waals surface area contributed by atoms with Crippen molar-refractivity contribution in [3.63, 3.8) is 0 Å². The summed E-state index contributed by atoms with van der Waals surface area (Å²) in [7, 11) is 0. The van der Waals surface area contributed by atoms with Gasteiger partial charge in [-0.25, -0.2) is 14.3 Å². The van der Waals surface area contributed by atoms with E-state index in [-0.39, 0.29) is 17.2 Å². The second-order valence-corrected chi connectivity index (χ2v) is 7.66. The number of aromatic carboxylic acids is 1. The molecule has 0 spiro atoms. The van der Waals surface area contributed by atoms with Gasteiger partial charge in [-0.1, -0.05) is 69.7 Å². The highest BCUT2D eigenvalue weighted by Crippen LogP contribution is 2.24. The van der Waals surface area contributed by atoms with Gasteiger partial charge in [0.25, 0.3) is 0 Å². The van der Waals surface area contributed by atoms with Gasteiger partial charge in [-0.2, -0.15) is 5.10 Å². The molecule has 6 nitrogen and oxygen atoms in total. The van der Waals surface area contributed by atoms with E-state index >= 15 is 0 Å². The molecular formula is C24H29N3O3. The lowest BCUT2D eigenvalue weighted by molar-refractivity contribution is 0.0697. The summed E-state index contributed by atoms with van der Waals surface area (Å²) >= 11 is 0. The average molecular weight is 408 g/mol. The normalized spacial score (nSPS) is 12.1. The molecule has 1 unspecified atom stereocenters. The molecule has 6 heteroatoms. The Morgan fingerprint density at radius 3 is 2.43 bits per heavy atom. The summed E-state index contributed by atoms with van der Waals surface area (Å²) in [5.41, 5.74) is 2.70. The summed E-state index contributed by atoms with van der Waals surface area (Å²) in [4.78, 5) is 24.4. The minimum atomic E-state index is -0.945. The molecule has 0 aliphatic rings. The smallest absolute Gasteiger partial charge is 0.346 e. The summed E-state index contributed by atoms with van der Waals surface area (Å²) in [6.07, 6.45) is 2.85. The van der Waals surface area contributed by atoms with Gasteiger partial charge < -0.3 is 5.11 Å². The zero-order valence-electron chi connectivity index (χ0n) is 17.8. The maximum absolute atomic E-state index is 12.9. The molecule has 0 aliphatic heterocycles. The van der Waals surface area contributed by atoms with E-state index in [1.54, 1.807) is 21.4 Å². The summed E-state index contributed by atoms with van der Waals surface area (Å²) in [6.45, 7) is 7.37. The number of carbonyl (C=O) groups is 1. The molecule has 1 aromatic heterocycles. The molecule has 0 fully saturated rings. The van der Waals surface area contributed by atoms with Crippen LogP contribution in [-0.2, 0) is 13.1 Å². The maximum atomic E-state index is 12.9. The molecule has 158 valence electrons. The first-order valence-corrected chi connectivity index (χ1v) is 10.5. The number of rotatable bonds is 9. The Morgan fingerprint density at radius 2 is 1.80 bits per heavy atom. The van der Waals surface area contributed by atoms with Crippen molar-refractivity contribution in [1.29, 1.82) is 0 Å². The molecular weight excluding hydrogens is 378 g/mol. The predicted molar refractivity (Wildman–Crippen MR) is 118 cm³/mol. The molecule has 0 saturated carbocycles. The van der Waals surface area contributed by atoms with E-state index in [0.717, 1.165) is 36.2 Å². The standard InChI is InChI=1S/C24H29N3O3/c1-4-6-15-27-24(30)26(22(25-27)17(3)5-2)16-18-11-13-19(14-12-18)20-9-7-8-10-21(20)23(28)29/h7-14,17H,4-6,15-16H2,1-3H3,(H,28,29). The van der Waals surface area contributed by atoms with Crippen LogP contribution >= 0.6 is 0 Å². The molecule has 0 saturated heterocycles. The molecule has 0 radical (unpaired) electrons. The first kappa shape index (κ1) is 21.6. The van der Waals surface area contributed by atoms with Crippen LogP contribution in [-0.4, -0.2) is 25.4 Å². The summed E-state index contributed by atoms with van der Waals surface area (Å²) in [6, 6.07) is 14.7. The third kappa shape index (κ3) is 4.53. The molecule has 3 aromatic rings. The highest BCUT2D eigenvalue weighted by Gasteiger charge is 2.18. The number of carboxylic acid groups (broad SMARTS) is 1. The van der Waals surface area contributed by atoms with Gasteiger partial charge in [-0.15, -0.1) is 0 Å². The Kier molecular flexibility index (Phi) is 6.87. The van der Waals surface area contributed by atoms with E-state index in [9.17, 15) is 14.7 Å². The van der Waals surface area contributed by atoms with Gasteiger partial charge in [0, 0.05) is 12.5 Å². The van der Waals surface area contributed by atoms with Crippen LogP contribution in [0.25, 0.3) is 11.1 Å². The third-order valence-electron chi connectivity index (χ3n) is 5.49. The second kappa shape index (κ2) is 9.57. The van der Waals surface area contributed by atoms with E-state index in [0.29, 0.717) is 18.7 Å². The SMILES string of the molecule is CCCCn1nc(C(C)CC)n(Cc2ccc(-c3ccccc3C(=O)O)cc2)c1=O. The Labute approximate surface area is 176 Å². The molecule has 30 heavy (non-hydrogen) atoms. The van der Waals surface area contributed by atoms with Crippen molar-refractivity contribution in [2.45, 2.75) is 59.0 Å². The monoisotopic (exact) mass is 407 g/mol. The van der Waals surface area contributed by atoms with Crippen LogP contribution in [0.2, 0.25) is 0 Å². The first-order valence-electron chi connectivity index (χ1n) is 10.5. The highest BCUT2D eigenvalue weighted by molar-refractivity contribution is 5.95. The average Bonchev–Trinajstić information content (AvgIpc) is 3.07. The fraction of sp³-hybridized carbons (Fsp3) is 0.375. The molecule has 1 N–H and O–H groups in total. The fourth-order valence-electron chi connectivity index (χ4n) is 3.50. The maximum Gasteiger partial charge on any atom is 0.346 e. The summed E-state index contributed by atoms with van der Waals surface area (Å²) in [5.74, 6) is 0.0695. The van der Waals surface area contributed by atoms with E-state index in [4.69, 9.17) is 0 Å². The van der Waals surface area contributed by atoms with E-state index in [2.05, 4.69) is 25.9 Å². The number of benzene rings is 2. The van der Waals surface area contributed by atoms with Gasteiger partial charge in [0.15, 0.2) is 0 Å². The van der Waals surface area contributed by atoms with Crippen molar-refractivity contribution in [3.05, 3.63) is 76.0 Å². The Morgan fingerprint density at radius 1 is 1.10 bits per heavy atom. The number of unbranched alkanes of at least 4 members (excludes halogenated alkanes) is 1. The zero-order chi connectivity index (χ0) is 21.7. The van der Waals surface area contributed by atoms with Gasteiger partial charge in [0.1, 0.15) is 5.82 Å². The zero-order valence-corrected chi connectivity index (χ0v) is 17.8. The number of nitrogens with zero attached hydrogens (tertiary/aromatic N) is 3. The molecule has 1 atom stereocenters. The van der Waals surface area contributed by atoms with Crippen molar-refractivity contribution in [3.8, 4) is 11.1 Å². The lowest BCUT2D eigenvalue weighted by Gasteiger charge is -2.11. The van der Waals surface area contributed by atoms with Crippen molar-refractivity contribution < 1.29 is 9.90 Å². The van der Waals surface area contributed by atoms with E-state index < -0.39 is 5.97 Å². The largest absolute Gasteiger partial charge is 0.478 e. The van der Waals surface area contributed by atoms with Crippen LogP contribution in [0.3, 0.4) is 0 Å². The van der Waals surface area contributed by atoms with Crippen LogP contribution in [0.4, 0.5) is 0 Å². The molecule has 0 aliphatic carbocycles. The number of hydrogen-bond acceptors (Lipinski definition) is 3. The molecule has 0 bridgehead atoms. The van der Waals surface area contributed by atoms with Gasteiger partial charge >= 0.3 is 11.7 Å². The molecule has 1 heterocycles. The minimum Gasteiger partial charge on any atom is -0.478 e. The van der Waals surface area contributed by atoms with Gasteiger partial charge in [-0.3, -0.25) is 4.57 Å². The van der Waals surface area contributed by atoms with Crippen LogP contribution < -0.4 is 5.69 Å². The number of aryl methyl sites for hydroxylation is 1. The summed E-state index contributed by atoms with van der Waals surface area (Å²) in [5, 5.41) is 14.0. The predicted octanol–water partition coefficient (Wildman–Crippen LogP) is 4.77. The molecule has 2 aromatic carbocycles. The number of hydrogen-bond donors (Lipinski definition) is 1. The van der Waals surface area contributed by atoms with Gasteiger partial charge in [0.05, 0.1) is 12.1 Å². The van der Waals surface area contributed by atoms with Crippen molar-refractivity contribution in [1.82, 2.24) is 14.3 Å². The first-order chi connectivity index (χ1) is 14.5. The minimum absolute atomic E-state index is 0.0703.